The van der Waals surface area contributed by atoms with Gasteiger partial charge in [-0.2, -0.15) is 0 Å². The van der Waals surface area contributed by atoms with E-state index in [9.17, 15) is 4.79 Å². The van der Waals surface area contributed by atoms with E-state index in [-0.39, 0.29) is 0 Å². The summed E-state index contributed by atoms with van der Waals surface area (Å²) in [6.45, 7) is 0. The van der Waals surface area contributed by atoms with Gasteiger partial charge < -0.3 is 9.84 Å². The highest BCUT2D eigenvalue weighted by molar-refractivity contribution is 5.95. The second kappa shape index (κ2) is 4.01. The summed E-state index contributed by atoms with van der Waals surface area (Å²) in [5.41, 5.74) is 1.45. The Morgan fingerprint density at radius 3 is 2.94 bits per heavy atom. The van der Waals surface area contributed by atoms with Crippen LogP contribution >= 0.6 is 0 Å². The Morgan fingerprint density at radius 1 is 1.44 bits per heavy atom. The lowest BCUT2D eigenvalue weighted by molar-refractivity contribution is 0.210. The highest BCUT2D eigenvalue weighted by Gasteiger charge is 2.07. The number of carbonyl (C=O) groups is 1. The fourth-order valence-electron chi connectivity index (χ4n) is 1.34. The number of fused-ring (bicyclic) bond motifs is 1. The summed E-state index contributed by atoms with van der Waals surface area (Å²) in [5.74, 6) is 0.411. The molecule has 2 aromatic rings. The summed E-state index contributed by atoms with van der Waals surface area (Å²) in [6.07, 6.45) is 0.374. The monoisotopic (exact) mass is 219 g/mol. The van der Waals surface area contributed by atoms with Crippen molar-refractivity contribution in [3.63, 3.8) is 0 Å². The molecule has 0 saturated carbocycles. The smallest absolute Gasteiger partial charge is 0.409 e. The molecule has 6 nitrogen and oxygen atoms in total. The normalized spacial score (nSPS) is 10.1. The van der Waals surface area contributed by atoms with Gasteiger partial charge in [0.2, 0.25) is 5.88 Å². The van der Waals surface area contributed by atoms with E-state index in [4.69, 9.17) is 9.84 Å². The molecule has 2 heterocycles. The number of amides is 1. The fourth-order valence-corrected chi connectivity index (χ4v) is 1.34. The zero-order chi connectivity index (χ0) is 11.5. The maximum absolute atomic E-state index is 10.6. The van der Waals surface area contributed by atoms with Crippen molar-refractivity contribution in [1.29, 1.82) is 0 Å². The summed E-state index contributed by atoms with van der Waals surface area (Å²) in [5, 5.41) is 10.9. The number of pyridine rings is 2. The number of ether oxygens (including phenoxy) is 1. The van der Waals surface area contributed by atoms with Gasteiger partial charge in [-0.25, -0.2) is 9.78 Å². The largest absolute Gasteiger partial charge is 0.481 e. The molecule has 2 rings (SSSR count). The highest BCUT2D eigenvalue weighted by Crippen LogP contribution is 2.21. The first-order chi connectivity index (χ1) is 7.70. The second-order valence-corrected chi connectivity index (χ2v) is 3.01. The molecule has 0 spiro atoms. The van der Waals surface area contributed by atoms with Crippen molar-refractivity contribution in [1.82, 2.24) is 9.97 Å². The predicted octanol–water partition coefficient (Wildman–Crippen LogP) is 1.73. The molecule has 1 amide bonds. The zero-order valence-electron chi connectivity index (χ0n) is 8.47. The van der Waals surface area contributed by atoms with E-state index in [0.717, 1.165) is 0 Å². The average molecular weight is 219 g/mol. The van der Waals surface area contributed by atoms with Gasteiger partial charge in [-0.15, -0.1) is 0 Å². The number of hydrogen-bond acceptors (Lipinski definition) is 4. The van der Waals surface area contributed by atoms with Gasteiger partial charge in [0.05, 0.1) is 18.3 Å². The lowest BCUT2D eigenvalue weighted by atomic mass is 10.3. The SMILES string of the molecule is COc1ccc2nccc(NC(=O)O)c2n1. The van der Waals surface area contributed by atoms with Gasteiger partial charge >= 0.3 is 6.09 Å². The lowest BCUT2D eigenvalue weighted by Crippen LogP contribution is -2.08. The first-order valence-corrected chi connectivity index (χ1v) is 4.50. The van der Waals surface area contributed by atoms with Crippen LogP contribution < -0.4 is 10.1 Å². The van der Waals surface area contributed by atoms with E-state index in [0.29, 0.717) is 22.6 Å². The van der Waals surface area contributed by atoms with Crippen LogP contribution in [0.2, 0.25) is 0 Å². The van der Waals surface area contributed by atoms with Gasteiger partial charge in [0.15, 0.2) is 0 Å². The number of carboxylic acid groups (broad SMARTS) is 1. The number of rotatable bonds is 2. The molecule has 0 unspecified atom stereocenters. The molecule has 0 saturated heterocycles. The van der Waals surface area contributed by atoms with E-state index in [1.807, 2.05) is 0 Å². The summed E-state index contributed by atoms with van der Waals surface area (Å²) in [6, 6.07) is 4.93. The van der Waals surface area contributed by atoms with Crippen LogP contribution in [0.25, 0.3) is 11.0 Å². The average Bonchev–Trinajstić information content (AvgIpc) is 2.28. The number of nitrogens with one attached hydrogen (secondary N) is 1. The van der Waals surface area contributed by atoms with Crippen LogP contribution in [0.3, 0.4) is 0 Å². The van der Waals surface area contributed by atoms with Crippen LogP contribution in [0, 0.1) is 0 Å². The van der Waals surface area contributed by atoms with Gasteiger partial charge in [-0.1, -0.05) is 0 Å². The van der Waals surface area contributed by atoms with Crippen LogP contribution in [0.5, 0.6) is 5.88 Å². The molecule has 0 aliphatic heterocycles. The van der Waals surface area contributed by atoms with Crippen molar-refractivity contribution < 1.29 is 14.6 Å². The summed E-state index contributed by atoms with van der Waals surface area (Å²) < 4.78 is 4.97. The number of hydrogen-bond donors (Lipinski definition) is 2. The van der Waals surface area contributed by atoms with Crippen molar-refractivity contribution >= 4 is 22.8 Å². The molecular formula is C10H9N3O3. The van der Waals surface area contributed by atoms with Crippen LogP contribution in [0.15, 0.2) is 24.4 Å². The number of anilines is 1. The van der Waals surface area contributed by atoms with Gasteiger partial charge in [-0.3, -0.25) is 10.3 Å². The number of nitrogens with zero attached hydrogens (tertiary/aromatic N) is 2. The highest BCUT2D eigenvalue weighted by atomic mass is 16.5. The Bertz CT molecular complexity index is 542. The van der Waals surface area contributed by atoms with Gasteiger partial charge in [0, 0.05) is 12.3 Å². The Kier molecular flexibility index (Phi) is 2.55. The minimum absolute atomic E-state index is 0.386. The van der Waals surface area contributed by atoms with Gasteiger partial charge in [0.1, 0.15) is 5.52 Å². The van der Waals surface area contributed by atoms with E-state index in [2.05, 4.69) is 15.3 Å². The Hall–Kier alpha value is -2.37. The third kappa shape index (κ3) is 1.85. The molecule has 2 N–H and O–H groups in total. The van der Waals surface area contributed by atoms with Crippen LogP contribution in [-0.2, 0) is 0 Å². The molecule has 2 aromatic heterocycles. The third-order valence-electron chi connectivity index (χ3n) is 2.01. The summed E-state index contributed by atoms with van der Waals surface area (Å²) in [7, 11) is 1.49. The Balaban J connectivity index is 2.59. The molecule has 0 aliphatic carbocycles. The van der Waals surface area contributed by atoms with Crippen LogP contribution in [0.4, 0.5) is 10.5 Å². The number of methoxy groups -OCH3 is 1. The minimum Gasteiger partial charge on any atom is -0.481 e. The van der Waals surface area contributed by atoms with E-state index < -0.39 is 6.09 Å². The van der Waals surface area contributed by atoms with Gasteiger partial charge in [0.25, 0.3) is 0 Å². The van der Waals surface area contributed by atoms with Crippen molar-refractivity contribution in [3.8, 4) is 5.88 Å². The molecule has 82 valence electrons. The third-order valence-corrected chi connectivity index (χ3v) is 2.01. The number of aromatic nitrogens is 2. The Morgan fingerprint density at radius 2 is 2.25 bits per heavy atom. The lowest BCUT2D eigenvalue weighted by Gasteiger charge is -2.05. The first kappa shape index (κ1) is 10.2. The minimum atomic E-state index is -1.14. The fraction of sp³-hybridized carbons (Fsp3) is 0.100. The second-order valence-electron chi connectivity index (χ2n) is 3.01. The van der Waals surface area contributed by atoms with Crippen molar-refractivity contribution in [2.45, 2.75) is 0 Å². The predicted molar refractivity (Wildman–Crippen MR) is 57.7 cm³/mol. The van der Waals surface area contributed by atoms with Gasteiger partial charge in [-0.05, 0) is 12.1 Å². The van der Waals surface area contributed by atoms with E-state index >= 15 is 0 Å². The molecule has 0 fully saturated rings. The quantitative estimate of drug-likeness (QED) is 0.803. The molecule has 16 heavy (non-hydrogen) atoms. The molecule has 6 heteroatoms. The summed E-state index contributed by atoms with van der Waals surface area (Å²) in [4.78, 5) is 18.8. The van der Waals surface area contributed by atoms with Crippen molar-refractivity contribution in [2.24, 2.45) is 0 Å². The maximum atomic E-state index is 10.6. The first-order valence-electron chi connectivity index (χ1n) is 4.50. The van der Waals surface area contributed by atoms with Crippen LogP contribution in [-0.4, -0.2) is 28.3 Å². The van der Waals surface area contributed by atoms with Crippen molar-refractivity contribution in [3.05, 3.63) is 24.4 Å². The molecule has 0 aromatic carbocycles. The van der Waals surface area contributed by atoms with Crippen molar-refractivity contribution in [2.75, 3.05) is 12.4 Å². The Labute approximate surface area is 90.9 Å². The molecule has 0 bridgehead atoms. The summed E-state index contributed by atoms with van der Waals surface area (Å²) >= 11 is 0. The topological polar surface area (TPSA) is 84.3 Å². The van der Waals surface area contributed by atoms with E-state index in [1.165, 1.54) is 13.3 Å². The molecule has 0 aliphatic rings. The molecular weight excluding hydrogens is 210 g/mol. The molecule has 0 radical (unpaired) electrons. The molecule has 0 atom stereocenters. The maximum Gasteiger partial charge on any atom is 0.409 e. The standard InChI is InChI=1S/C10H9N3O3/c1-16-8-3-2-6-9(13-8)7(4-5-11-6)12-10(14)15/h2-5H,1H3,(H,11,12)(H,14,15). The zero-order valence-corrected chi connectivity index (χ0v) is 8.47. The van der Waals surface area contributed by atoms with Crippen LogP contribution in [0.1, 0.15) is 0 Å². The van der Waals surface area contributed by atoms with E-state index in [1.54, 1.807) is 18.2 Å².